The van der Waals surface area contributed by atoms with Crippen LogP contribution in [0, 0.1) is 0 Å². The molecule has 1 unspecified atom stereocenters. The average Bonchev–Trinajstić information content (AvgIpc) is 2.68. The highest BCUT2D eigenvalue weighted by molar-refractivity contribution is 6.03. The van der Waals surface area contributed by atoms with Gasteiger partial charge in [0.2, 0.25) is 0 Å². The fourth-order valence-corrected chi connectivity index (χ4v) is 3.11. The van der Waals surface area contributed by atoms with E-state index in [1.54, 1.807) is 6.92 Å². The number of rotatable bonds is 4. The van der Waals surface area contributed by atoms with Crippen LogP contribution in [0.25, 0.3) is 21.5 Å². The summed E-state index contributed by atoms with van der Waals surface area (Å²) in [6, 6.07) is 27.7. The Balaban J connectivity index is 1.56. The Kier molecular flexibility index (Phi) is 4.28. The van der Waals surface area contributed by atoms with Gasteiger partial charge in [-0.2, -0.15) is 0 Å². The minimum absolute atomic E-state index is 0.172. The van der Waals surface area contributed by atoms with Crippen molar-refractivity contribution in [2.24, 2.45) is 0 Å². The summed E-state index contributed by atoms with van der Waals surface area (Å²) in [4.78, 5) is 12.7. The fraction of sp³-hybridized carbons (Fsp3) is 0.0870. The van der Waals surface area contributed by atoms with Crippen molar-refractivity contribution in [3.63, 3.8) is 0 Å². The molecule has 0 fully saturated rings. The second kappa shape index (κ2) is 6.89. The Morgan fingerprint density at radius 2 is 1.35 bits per heavy atom. The smallest absolute Gasteiger partial charge is 0.265 e. The summed E-state index contributed by atoms with van der Waals surface area (Å²) in [6.45, 7) is 1.77. The van der Waals surface area contributed by atoms with Crippen LogP contribution in [-0.4, -0.2) is 12.0 Å². The maximum absolute atomic E-state index is 12.7. The lowest BCUT2D eigenvalue weighted by Crippen LogP contribution is -2.30. The standard InChI is InChI=1S/C23H19NO2/c1-16(26-22-15-7-11-18-9-3-5-13-20(18)22)23(25)24-21-14-6-10-17-8-2-4-12-19(17)21/h2-16H,1H3,(H,24,25). The third-order valence-electron chi connectivity index (χ3n) is 4.47. The van der Waals surface area contributed by atoms with Gasteiger partial charge in [0.05, 0.1) is 0 Å². The molecule has 1 atom stereocenters. The molecule has 3 heteroatoms. The predicted molar refractivity (Wildman–Crippen MR) is 107 cm³/mol. The molecule has 0 heterocycles. The van der Waals surface area contributed by atoms with Crippen molar-refractivity contribution in [3.05, 3.63) is 84.9 Å². The van der Waals surface area contributed by atoms with Crippen LogP contribution < -0.4 is 10.1 Å². The van der Waals surface area contributed by atoms with Gasteiger partial charge < -0.3 is 10.1 Å². The van der Waals surface area contributed by atoms with Gasteiger partial charge in [-0.1, -0.05) is 72.8 Å². The molecular weight excluding hydrogens is 322 g/mol. The van der Waals surface area contributed by atoms with E-state index in [1.807, 2.05) is 84.9 Å². The molecule has 0 radical (unpaired) electrons. The minimum atomic E-state index is -0.611. The van der Waals surface area contributed by atoms with E-state index in [9.17, 15) is 4.79 Å². The Morgan fingerprint density at radius 3 is 2.12 bits per heavy atom. The Bertz CT molecular complexity index is 1080. The lowest BCUT2D eigenvalue weighted by atomic mass is 10.1. The normalized spacial score (nSPS) is 12.0. The summed E-state index contributed by atoms with van der Waals surface area (Å²) in [6.07, 6.45) is -0.611. The highest BCUT2D eigenvalue weighted by atomic mass is 16.5. The zero-order chi connectivity index (χ0) is 17.9. The van der Waals surface area contributed by atoms with Crippen LogP contribution in [0.5, 0.6) is 5.75 Å². The van der Waals surface area contributed by atoms with Gasteiger partial charge >= 0.3 is 0 Å². The van der Waals surface area contributed by atoms with Crippen molar-refractivity contribution in [2.45, 2.75) is 13.0 Å². The van der Waals surface area contributed by atoms with Gasteiger partial charge in [-0.25, -0.2) is 0 Å². The van der Waals surface area contributed by atoms with Crippen LogP contribution in [0.1, 0.15) is 6.92 Å². The van der Waals surface area contributed by atoms with Gasteiger partial charge in [-0.05, 0) is 29.8 Å². The van der Waals surface area contributed by atoms with Gasteiger partial charge in [-0.15, -0.1) is 0 Å². The van der Waals surface area contributed by atoms with E-state index >= 15 is 0 Å². The summed E-state index contributed by atoms with van der Waals surface area (Å²) in [7, 11) is 0. The molecule has 1 N–H and O–H groups in total. The molecule has 0 aliphatic heterocycles. The van der Waals surface area contributed by atoms with Crippen molar-refractivity contribution in [1.29, 1.82) is 0 Å². The molecule has 0 bridgehead atoms. The Hall–Kier alpha value is -3.33. The molecule has 4 rings (SSSR count). The van der Waals surface area contributed by atoms with E-state index in [-0.39, 0.29) is 5.91 Å². The molecule has 4 aromatic rings. The molecule has 0 spiro atoms. The zero-order valence-corrected chi connectivity index (χ0v) is 14.5. The number of hydrogen-bond acceptors (Lipinski definition) is 2. The van der Waals surface area contributed by atoms with Gasteiger partial charge in [0.1, 0.15) is 5.75 Å². The molecule has 0 aliphatic rings. The van der Waals surface area contributed by atoms with E-state index in [1.165, 1.54) is 0 Å². The number of amides is 1. The number of carbonyl (C=O) groups is 1. The number of carbonyl (C=O) groups excluding carboxylic acids is 1. The van der Waals surface area contributed by atoms with Crippen LogP contribution in [0.4, 0.5) is 5.69 Å². The predicted octanol–water partition coefficient (Wildman–Crippen LogP) is 5.40. The van der Waals surface area contributed by atoms with Gasteiger partial charge in [0.15, 0.2) is 6.10 Å². The topological polar surface area (TPSA) is 38.3 Å². The van der Waals surface area contributed by atoms with Crippen molar-refractivity contribution in [2.75, 3.05) is 5.32 Å². The molecular formula is C23H19NO2. The molecule has 0 saturated carbocycles. The molecule has 0 aliphatic carbocycles. The molecule has 0 aromatic heterocycles. The highest BCUT2D eigenvalue weighted by Crippen LogP contribution is 2.27. The number of anilines is 1. The molecule has 26 heavy (non-hydrogen) atoms. The lowest BCUT2D eigenvalue weighted by molar-refractivity contribution is -0.122. The maximum atomic E-state index is 12.7. The van der Waals surface area contributed by atoms with Crippen LogP contribution in [0.2, 0.25) is 0 Å². The lowest BCUT2D eigenvalue weighted by Gasteiger charge is -2.17. The average molecular weight is 341 g/mol. The number of hydrogen-bond donors (Lipinski definition) is 1. The summed E-state index contributed by atoms with van der Waals surface area (Å²) in [5.74, 6) is 0.540. The van der Waals surface area contributed by atoms with Gasteiger partial charge in [0, 0.05) is 16.5 Å². The molecule has 0 saturated heterocycles. The first-order chi connectivity index (χ1) is 12.7. The summed E-state index contributed by atoms with van der Waals surface area (Å²) in [5.41, 5.74) is 0.793. The van der Waals surface area contributed by atoms with Crippen molar-refractivity contribution >= 4 is 33.1 Å². The summed E-state index contributed by atoms with van der Waals surface area (Å²) in [5, 5.41) is 7.18. The first-order valence-electron chi connectivity index (χ1n) is 8.65. The Labute approximate surface area is 152 Å². The van der Waals surface area contributed by atoms with Gasteiger partial charge in [-0.3, -0.25) is 4.79 Å². The monoisotopic (exact) mass is 341 g/mol. The van der Waals surface area contributed by atoms with E-state index in [0.717, 1.165) is 27.2 Å². The molecule has 128 valence electrons. The third-order valence-corrected chi connectivity index (χ3v) is 4.47. The number of fused-ring (bicyclic) bond motifs is 2. The molecule has 3 nitrogen and oxygen atoms in total. The van der Waals surface area contributed by atoms with Crippen LogP contribution >= 0.6 is 0 Å². The second-order valence-corrected chi connectivity index (χ2v) is 6.25. The van der Waals surface area contributed by atoms with Crippen LogP contribution in [0.3, 0.4) is 0 Å². The molecule has 4 aromatic carbocycles. The number of nitrogens with one attached hydrogen (secondary N) is 1. The first kappa shape index (κ1) is 16.2. The van der Waals surface area contributed by atoms with Crippen molar-refractivity contribution < 1.29 is 9.53 Å². The van der Waals surface area contributed by atoms with E-state index in [2.05, 4.69) is 5.32 Å². The van der Waals surface area contributed by atoms with Crippen molar-refractivity contribution in [3.8, 4) is 5.75 Å². The van der Waals surface area contributed by atoms with E-state index < -0.39 is 6.10 Å². The van der Waals surface area contributed by atoms with Crippen LogP contribution in [0.15, 0.2) is 84.9 Å². The number of ether oxygens (including phenoxy) is 1. The SMILES string of the molecule is CC(Oc1cccc2ccccc12)C(=O)Nc1cccc2ccccc12. The summed E-state index contributed by atoms with van der Waals surface area (Å²) < 4.78 is 5.96. The van der Waals surface area contributed by atoms with Gasteiger partial charge in [0.25, 0.3) is 5.91 Å². The fourth-order valence-electron chi connectivity index (χ4n) is 3.11. The minimum Gasteiger partial charge on any atom is -0.480 e. The zero-order valence-electron chi connectivity index (χ0n) is 14.5. The maximum Gasteiger partial charge on any atom is 0.265 e. The van der Waals surface area contributed by atoms with E-state index in [4.69, 9.17) is 4.74 Å². The molecule has 1 amide bonds. The van der Waals surface area contributed by atoms with E-state index in [0.29, 0.717) is 5.75 Å². The Morgan fingerprint density at radius 1 is 0.769 bits per heavy atom. The number of benzene rings is 4. The quantitative estimate of drug-likeness (QED) is 0.540. The summed E-state index contributed by atoms with van der Waals surface area (Å²) >= 11 is 0. The first-order valence-corrected chi connectivity index (χ1v) is 8.65. The largest absolute Gasteiger partial charge is 0.480 e. The van der Waals surface area contributed by atoms with Crippen molar-refractivity contribution in [1.82, 2.24) is 0 Å². The highest BCUT2D eigenvalue weighted by Gasteiger charge is 2.17. The second-order valence-electron chi connectivity index (χ2n) is 6.25. The van der Waals surface area contributed by atoms with Crippen LogP contribution in [-0.2, 0) is 4.79 Å². The third kappa shape index (κ3) is 3.11.